The molecular formula is C52H27N5O2. The van der Waals surface area contributed by atoms with E-state index in [1.807, 2.05) is 54.6 Å². The number of hydrogen-bond donors (Lipinski definition) is 0. The molecule has 8 aromatic carbocycles. The molecule has 0 radical (unpaired) electrons. The van der Waals surface area contributed by atoms with Gasteiger partial charge in [-0.25, -0.2) is 0 Å². The minimum absolute atomic E-state index is 0.344. The predicted octanol–water partition coefficient (Wildman–Crippen LogP) is 13.4. The number of nitriles is 4. The van der Waals surface area contributed by atoms with E-state index in [0.29, 0.717) is 33.4 Å². The second-order valence-corrected chi connectivity index (χ2v) is 14.2. The molecule has 0 amide bonds. The van der Waals surface area contributed by atoms with Crippen LogP contribution in [0.2, 0.25) is 0 Å². The lowest BCUT2D eigenvalue weighted by atomic mass is 9.99. The van der Waals surface area contributed by atoms with Gasteiger partial charge < -0.3 is 13.7 Å². The lowest BCUT2D eigenvalue weighted by molar-refractivity contribution is 0.668. The summed E-state index contributed by atoms with van der Waals surface area (Å²) in [4.78, 5) is 2.20. The van der Waals surface area contributed by atoms with Crippen molar-refractivity contribution in [1.29, 1.82) is 21.0 Å². The first-order valence-electron chi connectivity index (χ1n) is 18.8. The number of anilines is 3. The molecule has 0 N–H and O–H groups in total. The molecule has 59 heavy (non-hydrogen) atoms. The minimum Gasteiger partial charge on any atom is -0.456 e. The average molecular weight is 754 g/mol. The normalized spacial score (nSPS) is 11.0. The van der Waals surface area contributed by atoms with Crippen LogP contribution in [-0.4, -0.2) is 0 Å². The zero-order valence-corrected chi connectivity index (χ0v) is 31.1. The highest BCUT2D eigenvalue weighted by molar-refractivity contribution is 6.07. The predicted molar refractivity (Wildman–Crippen MR) is 231 cm³/mol. The molecular weight excluding hydrogens is 727 g/mol. The number of furan rings is 2. The Labute approximate surface area is 338 Å². The standard InChI is InChI=1S/C52H27N5O2/c53-28-32-1-19-45-47-21-11-38(26-51(47)58-49(45)23-32)35-7-15-43(16-8-35)57(42-13-5-34(6-14-42)37-3-4-40(30-55)41(25-37)31-56)44-17-9-36(10-18-44)39-12-22-48-46-20-2-33(29-54)24-50(46)59-52(48)27-39/h1-27H. The molecule has 0 unspecified atom stereocenters. The van der Waals surface area contributed by atoms with Gasteiger partial charge in [-0.3, -0.25) is 0 Å². The van der Waals surface area contributed by atoms with Crippen LogP contribution in [0.15, 0.2) is 173 Å². The fourth-order valence-electron chi connectivity index (χ4n) is 7.82. The molecule has 0 aliphatic rings. The van der Waals surface area contributed by atoms with E-state index in [0.717, 1.165) is 83.2 Å². The van der Waals surface area contributed by atoms with Gasteiger partial charge in [0, 0.05) is 38.6 Å². The minimum atomic E-state index is 0.344. The summed E-state index contributed by atoms with van der Waals surface area (Å²) in [6, 6.07) is 62.3. The third-order valence-electron chi connectivity index (χ3n) is 10.8. The van der Waals surface area contributed by atoms with E-state index in [4.69, 9.17) is 8.83 Å². The monoisotopic (exact) mass is 753 g/mol. The zero-order chi connectivity index (χ0) is 40.0. The van der Waals surface area contributed by atoms with Crippen molar-refractivity contribution in [3.8, 4) is 57.7 Å². The highest BCUT2D eigenvalue weighted by Crippen LogP contribution is 2.40. The Morgan fingerprint density at radius 2 is 0.644 bits per heavy atom. The molecule has 7 nitrogen and oxygen atoms in total. The first-order chi connectivity index (χ1) is 29.0. The first kappa shape index (κ1) is 34.6. The second kappa shape index (κ2) is 14.0. The van der Waals surface area contributed by atoms with E-state index in [-0.39, 0.29) is 0 Å². The highest BCUT2D eigenvalue weighted by Gasteiger charge is 2.16. The van der Waals surface area contributed by atoms with Crippen LogP contribution >= 0.6 is 0 Å². The fraction of sp³-hybridized carbons (Fsp3) is 0. The van der Waals surface area contributed by atoms with Gasteiger partial charge in [0.25, 0.3) is 0 Å². The average Bonchev–Trinajstić information content (AvgIpc) is 3.86. The second-order valence-electron chi connectivity index (χ2n) is 14.2. The van der Waals surface area contributed by atoms with E-state index in [9.17, 15) is 21.0 Å². The van der Waals surface area contributed by atoms with E-state index in [2.05, 4.69) is 114 Å². The smallest absolute Gasteiger partial charge is 0.136 e. The van der Waals surface area contributed by atoms with Gasteiger partial charge in [0.1, 0.15) is 34.5 Å². The largest absolute Gasteiger partial charge is 0.456 e. The highest BCUT2D eigenvalue weighted by atomic mass is 16.3. The SMILES string of the molecule is N#Cc1ccc2c(c1)oc1cc(-c3ccc(N(c4ccc(-c5ccc(C#N)c(C#N)c5)cc4)c4ccc(-c5ccc6c(c5)oc5cc(C#N)ccc56)cc4)cc3)ccc12. The summed E-state index contributed by atoms with van der Waals surface area (Å²) < 4.78 is 12.4. The van der Waals surface area contributed by atoms with E-state index >= 15 is 0 Å². The lowest BCUT2D eigenvalue weighted by Crippen LogP contribution is -2.09. The van der Waals surface area contributed by atoms with Gasteiger partial charge in [-0.1, -0.05) is 54.6 Å². The van der Waals surface area contributed by atoms with Crippen LogP contribution in [0.3, 0.4) is 0 Å². The lowest BCUT2D eigenvalue weighted by Gasteiger charge is -2.26. The maximum absolute atomic E-state index is 9.63. The molecule has 272 valence electrons. The third kappa shape index (κ3) is 6.06. The molecule has 10 rings (SSSR count). The zero-order valence-electron chi connectivity index (χ0n) is 31.1. The Bertz CT molecular complexity index is 3300. The maximum Gasteiger partial charge on any atom is 0.136 e. The molecule has 0 fully saturated rings. The van der Waals surface area contributed by atoms with Crippen LogP contribution in [0.5, 0.6) is 0 Å². The van der Waals surface area contributed by atoms with Gasteiger partial charge in [-0.2, -0.15) is 21.0 Å². The van der Waals surface area contributed by atoms with Crippen molar-refractivity contribution in [2.75, 3.05) is 4.90 Å². The van der Waals surface area contributed by atoms with E-state index < -0.39 is 0 Å². The summed E-state index contributed by atoms with van der Waals surface area (Å²) in [7, 11) is 0. The van der Waals surface area contributed by atoms with Crippen molar-refractivity contribution in [3.05, 3.63) is 186 Å². The molecule has 2 aromatic heterocycles. The summed E-state index contributed by atoms with van der Waals surface area (Å²) in [6.07, 6.45) is 0. The number of benzene rings is 8. The Morgan fingerprint density at radius 1 is 0.305 bits per heavy atom. The molecule has 7 heteroatoms. The van der Waals surface area contributed by atoms with Crippen LogP contribution in [0, 0.1) is 45.3 Å². The van der Waals surface area contributed by atoms with Crippen molar-refractivity contribution < 1.29 is 8.83 Å². The summed E-state index contributed by atoms with van der Waals surface area (Å²) in [6.45, 7) is 0. The van der Waals surface area contributed by atoms with Gasteiger partial charge >= 0.3 is 0 Å². The van der Waals surface area contributed by atoms with E-state index in [1.54, 1.807) is 24.3 Å². The number of fused-ring (bicyclic) bond motifs is 6. The molecule has 0 atom stereocenters. The molecule has 0 aliphatic carbocycles. The Balaban J connectivity index is 1.01. The van der Waals surface area contributed by atoms with Gasteiger partial charge in [0.15, 0.2) is 0 Å². The van der Waals surface area contributed by atoms with Gasteiger partial charge in [-0.05, 0) is 143 Å². The van der Waals surface area contributed by atoms with Gasteiger partial charge in [-0.15, -0.1) is 0 Å². The molecule has 10 aromatic rings. The van der Waals surface area contributed by atoms with Gasteiger partial charge in [0.05, 0.1) is 34.4 Å². The summed E-state index contributed by atoms with van der Waals surface area (Å²) in [5, 5.41) is 41.7. The first-order valence-corrected chi connectivity index (χ1v) is 18.8. The topological polar surface area (TPSA) is 125 Å². The van der Waals surface area contributed by atoms with Crippen molar-refractivity contribution in [2.45, 2.75) is 0 Å². The van der Waals surface area contributed by atoms with E-state index in [1.165, 1.54) is 0 Å². The fourth-order valence-corrected chi connectivity index (χ4v) is 7.82. The Morgan fingerprint density at radius 3 is 1.03 bits per heavy atom. The Kier molecular flexibility index (Phi) is 8.21. The molecule has 0 saturated carbocycles. The van der Waals surface area contributed by atoms with Crippen LogP contribution in [0.25, 0.3) is 77.3 Å². The molecule has 0 bridgehead atoms. The van der Waals surface area contributed by atoms with Crippen LogP contribution in [0.4, 0.5) is 17.1 Å². The van der Waals surface area contributed by atoms with Crippen LogP contribution in [0.1, 0.15) is 22.3 Å². The Hall–Kier alpha value is -8.88. The molecule has 0 aliphatic heterocycles. The number of nitrogens with zero attached hydrogens (tertiary/aromatic N) is 5. The van der Waals surface area contributed by atoms with Crippen LogP contribution < -0.4 is 4.90 Å². The maximum atomic E-state index is 9.63. The molecule has 2 heterocycles. The summed E-state index contributed by atoms with van der Waals surface area (Å²) >= 11 is 0. The van der Waals surface area contributed by atoms with Crippen molar-refractivity contribution in [1.82, 2.24) is 0 Å². The summed E-state index contributed by atoms with van der Waals surface area (Å²) in [5.74, 6) is 0. The quantitative estimate of drug-likeness (QED) is 0.165. The van der Waals surface area contributed by atoms with Crippen molar-refractivity contribution in [2.24, 2.45) is 0 Å². The van der Waals surface area contributed by atoms with Crippen molar-refractivity contribution in [3.63, 3.8) is 0 Å². The number of rotatable bonds is 6. The third-order valence-corrected chi connectivity index (χ3v) is 10.8. The molecule has 0 saturated heterocycles. The van der Waals surface area contributed by atoms with Gasteiger partial charge in [0.2, 0.25) is 0 Å². The summed E-state index contributed by atoms with van der Waals surface area (Å²) in [5.41, 5.74) is 13.4. The molecule has 0 spiro atoms. The van der Waals surface area contributed by atoms with Crippen LogP contribution in [-0.2, 0) is 0 Å². The van der Waals surface area contributed by atoms with Crippen molar-refractivity contribution >= 4 is 60.9 Å². The number of hydrogen-bond acceptors (Lipinski definition) is 7.